The molecule has 0 bridgehead atoms. The quantitative estimate of drug-likeness (QED) is 0.401. The molecular formula is C18H24N2O2. The zero-order valence-corrected chi connectivity index (χ0v) is 13.1. The Hall–Kier alpha value is -1.58. The van der Waals surface area contributed by atoms with E-state index in [9.17, 15) is 5.21 Å². The van der Waals surface area contributed by atoms with Gasteiger partial charge in [0.25, 0.3) is 0 Å². The fraction of sp³-hybridized carbons (Fsp3) is 0.667. The molecule has 0 aromatic carbocycles. The van der Waals surface area contributed by atoms with Crippen molar-refractivity contribution in [2.24, 2.45) is 33.5 Å². The third-order valence-electron chi connectivity index (χ3n) is 6.73. The van der Waals surface area contributed by atoms with Gasteiger partial charge in [-0.05, 0) is 62.9 Å². The van der Waals surface area contributed by atoms with Gasteiger partial charge in [0.2, 0.25) is 0 Å². The first-order valence-electron chi connectivity index (χ1n) is 8.50. The Morgan fingerprint density at radius 3 is 2.73 bits per heavy atom. The molecule has 0 amide bonds. The second-order valence-electron chi connectivity index (χ2n) is 7.56. The van der Waals surface area contributed by atoms with Gasteiger partial charge in [-0.3, -0.25) is 0 Å². The van der Waals surface area contributed by atoms with Crippen molar-refractivity contribution >= 4 is 11.4 Å². The van der Waals surface area contributed by atoms with Crippen LogP contribution in [-0.4, -0.2) is 21.8 Å². The maximum Gasteiger partial charge on any atom is 0.0795 e. The lowest BCUT2D eigenvalue weighted by molar-refractivity contribution is 0.178. The van der Waals surface area contributed by atoms with Crippen molar-refractivity contribution in [2.45, 2.75) is 51.9 Å². The zero-order chi connectivity index (χ0) is 15.3. The summed E-state index contributed by atoms with van der Waals surface area (Å²) in [6, 6.07) is 0. The molecule has 0 unspecified atom stereocenters. The van der Waals surface area contributed by atoms with E-state index >= 15 is 0 Å². The predicted octanol–water partition coefficient (Wildman–Crippen LogP) is 4.14. The molecule has 4 aliphatic rings. The van der Waals surface area contributed by atoms with Crippen molar-refractivity contribution in [2.75, 3.05) is 0 Å². The van der Waals surface area contributed by atoms with Crippen LogP contribution in [0.3, 0.4) is 0 Å². The van der Waals surface area contributed by atoms with Crippen LogP contribution in [0.25, 0.3) is 0 Å². The Bertz CT molecular complexity index is 617. The minimum Gasteiger partial charge on any atom is -0.411 e. The van der Waals surface area contributed by atoms with Crippen LogP contribution in [0.5, 0.6) is 0 Å². The first-order valence-corrected chi connectivity index (χ1v) is 8.50. The van der Waals surface area contributed by atoms with Crippen LogP contribution < -0.4 is 0 Å². The Balaban J connectivity index is 1.69. The molecular weight excluding hydrogens is 276 g/mol. The summed E-state index contributed by atoms with van der Waals surface area (Å²) in [4.78, 5) is 0. The fourth-order valence-electron chi connectivity index (χ4n) is 5.56. The lowest BCUT2D eigenvalue weighted by Crippen LogP contribution is -2.41. The molecule has 4 rings (SSSR count). The van der Waals surface area contributed by atoms with Gasteiger partial charge in [-0.15, -0.1) is 0 Å². The number of hydrogen-bond acceptors (Lipinski definition) is 4. The van der Waals surface area contributed by atoms with Crippen LogP contribution in [0.15, 0.2) is 33.6 Å². The van der Waals surface area contributed by atoms with Crippen LogP contribution in [0.4, 0.5) is 0 Å². The fourth-order valence-corrected chi connectivity index (χ4v) is 5.56. The molecule has 4 heteroatoms. The molecule has 0 heterocycles. The second kappa shape index (κ2) is 4.97. The van der Waals surface area contributed by atoms with Crippen molar-refractivity contribution in [3.63, 3.8) is 0 Å². The van der Waals surface area contributed by atoms with E-state index in [1.54, 1.807) is 5.57 Å². The number of fused-ring (bicyclic) bond motifs is 5. The molecule has 4 atom stereocenters. The number of nitrogens with zero attached hydrogens (tertiary/aromatic N) is 2. The number of oxime groups is 2. The standard InChI is InChI=1S/C18H24N2O2/c1-18-9-8-14-13-5-3-12(19-21)10-11(13)2-4-15(14)16(18)6-7-17(18)20-22/h8,10,13,15-16,21-22H,2-7,9H2,1H3/t13-,15+,16-,18-/m0/s1. The molecule has 4 aliphatic carbocycles. The highest BCUT2D eigenvalue weighted by Crippen LogP contribution is 2.58. The molecule has 4 nitrogen and oxygen atoms in total. The van der Waals surface area contributed by atoms with Gasteiger partial charge in [0.15, 0.2) is 0 Å². The van der Waals surface area contributed by atoms with Gasteiger partial charge in [-0.25, -0.2) is 0 Å². The second-order valence-corrected chi connectivity index (χ2v) is 7.56. The maximum atomic E-state index is 9.33. The van der Waals surface area contributed by atoms with Crippen molar-refractivity contribution in [3.05, 3.63) is 23.3 Å². The van der Waals surface area contributed by atoms with Gasteiger partial charge in [0.1, 0.15) is 0 Å². The van der Waals surface area contributed by atoms with Crippen LogP contribution in [-0.2, 0) is 0 Å². The molecule has 0 spiro atoms. The van der Waals surface area contributed by atoms with E-state index < -0.39 is 0 Å². The summed E-state index contributed by atoms with van der Waals surface area (Å²) in [6.07, 6.45) is 11.9. The summed E-state index contributed by atoms with van der Waals surface area (Å²) >= 11 is 0. The lowest BCUT2D eigenvalue weighted by Gasteiger charge is -2.47. The minimum absolute atomic E-state index is 0.0660. The van der Waals surface area contributed by atoms with Crippen molar-refractivity contribution in [3.8, 4) is 0 Å². The average Bonchev–Trinajstić information content (AvgIpc) is 2.90. The molecule has 0 radical (unpaired) electrons. The van der Waals surface area contributed by atoms with Crippen LogP contribution >= 0.6 is 0 Å². The number of allylic oxidation sites excluding steroid dienone is 4. The van der Waals surface area contributed by atoms with E-state index in [1.165, 1.54) is 12.0 Å². The number of rotatable bonds is 0. The first-order chi connectivity index (χ1) is 10.7. The molecule has 0 saturated heterocycles. The van der Waals surface area contributed by atoms with Crippen molar-refractivity contribution in [1.82, 2.24) is 0 Å². The van der Waals surface area contributed by atoms with E-state index in [1.807, 2.05) is 0 Å². The SMILES string of the molecule is C[C@]12CC=C3[C@H]4CCC(=NO)C=C4CC[C@H]3[C@@H]1CCC2=NO. The van der Waals surface area contributed by atoms with Gasteiger partial charge in [0, 0.05) is 11.3 Å². The molecule has 2 fully saturated rings. The van der Waals surface area contributed by atoms with E-state index in [-0.39, 0.29) is 5.41 Å². The lowest BCUT2D eigenvalue weighted by atomic mass is 9.57. The van der Waals surface area contributed by atoms with Crippen molar-refractivity contribution in [1.29, 1.82) is 0 Å². The third kappa shape index (κ3) is 1.82. The summed E-state index contributed by atoms with van der Waals surface area (Å²) in [5.41, 5.74) is 4.99. The topological polar surface area (TPSA) is 65.2 Å². The highest BCUT2D eigenvalue weighted by Gasteiger charge is 2.52. The highest BCUT2D eigenvalue weighted by atomic mass is 16.4. The summed E-state index contributed by atoms with van der Waals surface area (Å²) < 4.78 is 0. The van der Waals surface area contributed by atoms with Gasteiger partial charge in [-0.1, -0.05) is 34.5 Å². The van der Waals surface area contributed by atoms with Crippen LogP contribution in [0, 0.1) is 23.2 Å². The average molecular weight is 300 g/mol. The summed E-state index contributed by atoms with van der Waals surface area (Å²) in [5, 5.41) is 25.4. The summed E-state index contributed by atoms with van der Waals surface area (Å²) in [6.45, 7) is 2.29. The Morgan fingerprint density at radius 1 is 1.09 bits per heavy atom. The Kier molecular flexibility index (Phi) is 3.17. The molecule has 118 valence electrons. The third-order valence-corrected chi connectivity index (χ3v) is 6.73. The molecule has 2 saturated carbocycles. The molecule has 2 N–H and O–H groups in total. The summed E-state index contributed by atoms with van der Waals surface area (Å²) in [5.74, 6) is 1.84. The van der Waals surface area contributed by atoms with E-state index in [2.05, 4.69) is 29.4 Å². The van der Waals surface area contributed by atoms with Crippen molar-refractivity contribution < 1.29 is 10.4 Å². The number of hydrogen-bond donors (Lipinski definition) is 2. The summed E-state index contributed by atoms with van der Waals surface area (Å²) in [7, 11) is 0. The van der Waals surface area contributed by atoms with E-state index in [0.29, 0.717) is 17.8 Å². The normalized spacial score (nSPS) is 44.1. The van der Waals surface area contributed by atoms with Gasteiger partial charge in [0.05, 0.1) is 11.4 Å². The smallest absolute Gasteiger partial charge is 0.0795 e. The molecule has 22 heavy (non-hydrogen) atoms. The highest BCUT2D eigenvalue weighted by molar-refractivity contribution is 5.96. The Labute approximate surface area is 131 Å². The van der Waals surface area contributed by atoms with Crippen LogP contribution in [0.1, 0.15) is 51.9 Å². The van der Waals surface area contributed by atoms with E-state index in [0.717, 1.165) is 49.9 Å². The maximum absolute atomic E-state index is 9.33. The monoisotopic (exact) mass is 300 g/mol. The molecule has 0 aliphatic heterocycles. The zero-order valence-electron chi connectivity index (χ0n) is 13.1. The molecule has 0 aromatic rings. The largest absolute Gasteiger partial charge is 0.411 e. The van der Waals surface area contributed by atoms with Gasteiger partial charge >= 0.3 is 0 Å². The molecule has 0 aromatic heterocycles. The van der Waals surface area contributed by atoms with Gasteiger partial charge < -0.3 is 10.4 Å². The van der Waals surface area contributed by atoms with E-state index in [4.69, 9.17) is 5.21 Å². The minimum atomic E-state index is 0.0660. The Morgan fingerprint density at radius 2 is 1.95 bits per heavy atom. The predicted molar refractivity (Wildman–Crippen MR) is 85.5 cm³/mol. The van der Waals surface area contributed by atoms with Gasteiger partial charge in [-0.2, -0.15) is 0 Å². The first kappa shape index (κ1) is 14.0. The van der Waals surface area contributed by atoms with Crippen LogP contribution in [0.2, 0.25) is 0 Å².